The molecule has 0 saturated heterocycles. The summed E-state index contributed by atoms with van der Waals surface area (Å²) < 4.78 is 5.10. The van der Waals surface area contributed by atoms with Crippen LogP contribution in [0, 0.1) is 5.92 Å². The van der Waals surface area contributed by atoms with Crippen LogP contribution in [-0.2, 0) is 4.74 Å². The molecular weight excluding hydrogens is 222 g/mol. The smallest absolute Gasteiger partial charge is 0.0499 e. The van der Waals surface area contributed by atoms with Crippen LogP contribution < -0.4 is 5.32 Å². The quantitative estimate of drug-likeness (QED) is 0.826. The Morgan fingerprint density at radius 1 is 1.25 bits per heavy atom. The molecule has 1 aromatic rings. The highest BCUT2D eigenvalue weighted by molar-refractivity contribution is 6.30. The van der Waals surface area contributed by atoms with Gasteiger partial charge in [-0.2, -0.15) is 0 Å². The molecule has 0 saturated carbocycles. The molecule has 0 radical (unpaired) electrons. The Labute approximate surface area is 103 Å². The van der Waals surface area contributed by atoms with Crippen LogP contribution in [0.1, 0.15) is 25.5 Å². The van der Waals surface area contributed by atoms with E-state index in [4.69, 9.17) is 16.3 Å². The van der Waals surface area contributed by atoms with Gasteiger partial charge in [0.1, 0.15) is 0 Å². The first-order chi connectivity index (χ1) is 7.63. The molecule has 90 valence electrons. The van der Waals surface area contributed by atoms with Gasteiger partial charge in [-0.15, -0.1) is 0 Å². The third kappa shape index (κ3) is 4.52. The van der Waals surface area contributed by atoms with Gasteiger partial charge < -0.3 is 10.1 Å². The first-order valence-electron chi connectivity index (χ1n) is 5.61. The van der Waals surface area contributed by atoms with Crippen LogP contribution in [0.15, 0.2) is 24.3 Å². The Kier molecular flexibility index (Phi) is 5.81. The lowest BCUT2D eigenvalue weighted by molar-refractivity contribution is 0.157. The molecule has 1 N–H and O–H groups in total. The molecule has 16 heavy (non-hydrogen) atoms. The van der Waals surface area contributed by atoms with Gasteiger partial charge >= 0.3 is 0 Å². The van der Waals surface area contributed by atoms with Gasteiger partial charge in [0.05, 0.1) is 0 Å². The fourth-order valence-corrected chi connectivity index (χ4v) is 1.72. The van der Waals surface area contributed by atoms with Crippen LogP contribution in [-0.4, -0.2) is 20.3 Å². The Morgan fingerprint density at radius 3 is 2.44 bits per heavy atom. The molecule has 1 unspecified atom stereocenters. The van der Waals surface area contributed by atoms with Crippen molar-refractivity contribution >= 4 is 11.6 Å². The summed E-state index contributed by atoms with van der Waals surface area (Å²) in [5.41, 5.74) is 1.26. The van der Waals surface area contributed by atoms with E-state index in [1.54, 1.807) is 7.11 Å². The van der Waals surface area contributed by atoms with Crippen molar-refractivity contribution in [2.75, 3.05) is 20.3 Å². The molecule has 0 aliphatic carbocycles. The average Bonchev–Trinajstić information content (AvgIpc) is 2.27. The van der Waals surface area contributed by atoms with E-state index in [1.807, 2.05) is 12.1 Å². The number of rotatable bonds is 6. The van der Waals surface area contributed by atoms with Crippen LogP contribution in [0.3, 0.4) is 0 Å². The van der Waals surface area contributed by atoms with Crippen molar-refractivity contribution in [2.45, 2.75) is 19.9 Å². The van der Waals surface area contributed by atoms with Gasteiger partial charge in [0.15, 0.2) is 0 Å². The Balaban J connectivity index is 2.40. The lowest BCUT2D eigenvalue weighted by atomic mass is 10.1. The lowest BCUT2D eigenvalue weighted by Gasteiger charge is -2.17. The van der Waals surface area contributed by atoms with Crippen molar-refractivity contribution in [1.82, 2.24) is 5.32 Å². The maximum absolute atomic E-state index is 5.85. The van der Waals surface area contributed by atoms with Crippen LogP contribution in [0.25, 0.3) is 0 Å². The fraction of sp³-hybridized carbons (Fsp3) is 0.538. The predicted octanol–water partition coefficient (Wildman–Crippen LogP) is 3.27. The number of nitrogens with one attached hydrogen (secondary N) is 1. The lowest BCUT2D eigenvalue weighted by Crippen LogP contribution is -2.26. The number of ether oxygens (including phenoxy) is 1. The zero-order valence-electron chi connectivity index (χ0n) is 10.2. The number of hydrogen-bond acceptors (Lipinski definition) is 2. The standard InChI is InChI=1S/C13H20ClNO/c1-10(9-16-3)8-15-11(2)12-4-6-13(14)7-5-12/h4-7,10-11,15H,8-9H2,1-3H3/t10?,11-/m0/s1. The zero-order chi connectivity index (χ0) is 12.0. The molecule has 1 rings (SSSR count). The maximum atomic E-state index is 5.85. The molecule has 0 fully saturated rings. The number of methoxy groups -OCH3 is 1. The van der Waals surface area contributed by atoms with Gasteiger partial charge in [-0.3, -0.25) is 0 Å². The molecule has 0 heterocycles. The minimum Gasteiger partial charge on any atom is -0.384 e. The Morgan fingerprint density at radius 2 is 1.88 bits per heavy atom. The Hall–Kier alpha value is -0.570. The summed E-state index contributed by atoms with van der Waals surface area (Å²) in [6.45, 7) is 6.08. The van der Waals surface area contributed by atoms with Crippen molar-refractivity contribution in [3.05, 3.63) is 34.9 Å². The van der Waals surface area contributed by atoms with Crippen LogP contribution in [0.5, 0.6) is 0 Å². The number of hydrogen-bond donors (Lipinski definition) is 1. The van der Waals surface area contributed by atoms with Crippen molar-refractivity contribution < 1.29 is 4.74 Å². The summed E-state index contributed by atoms with van der Waals surface area (Å²) in [7, 11) is 1.74. The summed E-state index contributed by atoms with van der Waals surface area (Å²) in [4.78, 5) is 0. The van der Waals surface area contributed by atoms with Crippen LogP contribution >= 0.6 is 11.6 Å². The fourth-order valence-electron chi connectivity index (χ4n) is 1.59. The third-order valence-electron chi connectivity index (χ3n) is 2.59. The molecule has 0 aromatic heterocycles. The molecule has 0 amide bonds. The summed E-state index contributed by atoms with van der Waals surface area (Å²) in [6, 6.07) is 8.31. The molecular formula is C13H20ClNO. The molecule has 2 nitrogen and oxygen atoms in total. The highest BCUT2D eigenvalue weighted by Gasteiger charge is 2.07. The van der Waals surface area contributed by atoms with E-state index in [9.17, 15) is 0 Å². The molecule has 2 atom stereocenters. The van der Waals surface area contributed by atoms with E-state index >= 15 is 0 Å². The second-order valence-corrected chi connectivity index (χ2v) is 4.68. The SMILES string of the molecule is COCC(C)CN[C@@H](C)c1ccc(Cl)cc1. The van der Waals surface area contributed by atoms with Crippen LogP contribution in [0.4, 0.5) is 0 Å². The molecule has 3 heteroatoms. The largest absolute Gasteiger partial charge is 0.384 e. The minimum atomic E-state index is 0.344. The second-order valence-electron chi connectivity index (χ2n) is 4.24. The number of halogens is 1. The van der Waals surface area contributed by atoms with Gasteiger partial charge in [-0.05, 0) is 30.5 Å². The van der Waals surface area contributed by atoms with Crippen molar-refractivity contribution in [3.63, 3.8) is 0 Å². The summed E-state index contributed by atoms with van der Waals surface area (Å²) >= 11 is 5.85. The van der Waals surface area contributed by atoms with E-state index < -0.39 is 0 Å². The van der Waals surface area contributed by atoms with E-state index in [1.165, 1.54) is 5.56 Å². The number of benzene rings is 1. The van der Waals surface area contributed by atoms with Crippen molar-refractivity contribution in [2.24, 2.45) is 5.92 Å². The van der Waals surface area contributed by atoms with E-state index in [0.717, 1.165) is 18.2 Å². The highest BCUT2D eigenvalue weighted by atomic mass is 35.5. The molecule has 0 bridgehead atoms. The average molecular weight is 242 g/mol. The molecule has 0 aliphatic rings. The van der Waals surface area contributed by atoms with Crippen molar-refractivity contribution in [1.29, 1.82) is 0 Å². The van der Waals surface area contributed by atoms with Gasteiger partial charge in [0, 0.05) is 31.3 Å². The highest BCUT2D eigenvalue weighted by Crippen LogP contribution is 2.16. The van der Waals surface area contributed by atoms with Gasteiger partial charge in [-0.1, -0.05) is 30.7 Å². The summed E-state index contributed by atoms with van der Waals surface area (Å²) in [5.74, 6) is 0.528. The predicted molar refractivity (Wildman–Crippen MR) is 68.9 cm³/mol. The van der Waals surface area contributed by atoms with E-state index in [-0.39, 0.29) is 0 Å². The molecule has 0 aliphatic heterocycles. The van der Waals surface area contributed by atoms with Gasteiger partial charge in [0.25, 0.3) is 0 Å². The summed E-state index contributed by atoms with van der Waals surface area (Å²) in [6.07, 6.45) is 0. The zero-order valence-corrected chi connectivity index (χ0v) is 10.9. The maximum Gasteiger partial charge on any atom is 0.0499 e. The van der Waals surface area contributed by atoms with Crippen LogP contribution in [0.2, 0.25) is 5.02 Å². The van der Waals surface area contributed by atoms with E-state index in [2.05, 4.69) is 31.3 Å². The van der Waals surface area contributed by atoms with Crippen molar-refractivity contribution in [3.8, 4) is 0 Å². The van der Waals surface area contributed by atoms with Gasteiger partial charge in [-0.25, -0.2) is 0 Å². The second kappa shape index (κ2) is 6.89. The molecule has 1 aromatic carbocycles. The monoisotopic (exact) mass is 241 g/mol. The normalized spacial score (nSPS) is 14.8. The van der Waals surface area contributed by atoms with E-state index in [0.29, 0.717) is 12.0 Å². The third-order valence-corrected chi connectivity index (χ3v) is 2.85. The molecule has 0 spiro atoms. The van der Waals surface area contributed by atoms with Gasteiger partial charge in [0.2, 0.25) is 0 Å². The topological polar surface area (TPSA) is 21.3 Å². The Bertz CT molecular complexity index is 299. The first-order valence-corrected chi connectivity index (χ1v) is 5.99. The summed E-state index contributed by atoms with van der Waals surface area (Å²) in [5, 5.41) is 4.26. The first kappa shape index (κ1) is 13.5. The minimum absolute atomic E-state index is 0.344.